The summed E-state index contributed by atoms with van der Waals surface area (Å²) in [6.45, 7) is 3.40. The molecule has 5 nitrogen and oxygen atoms in total. The van der Waals surface area contributed by atoms with Crippen LogP contribution in [0.15, 0.2) is 48.5 Å². The van der Waals surface area contributed by atoms with Crippen molar-refractivity contribution < 1.29 is 18.8 Å². The van der Waals surface area contributed by atoms with Gasteiger partial charge in [0.2, 0.25) is 0 Å². The van der Waals surface area contributed by atoms with Crippen molar-refractivity contribution in [2.75, 3.05) is 0 Å². The number of hydrogen-bond donors (Lipinski definition) is 0. The van der Waals surface area contributed by atoms with E-state index in [1.54, 1.807) is 44.2 Å². The van der Waals surface area contributed by atoms with E-state index in [1.807, 2.05) is 0 Å². The molecule has 0 aliphatic rings. The molecular weight excluding hydrogens is 301 g/mol. The predicted molar refractivity (Wildman–Crippen MR) is 82.6 cm³/mol. The van der Waals surface area contributed by atoms with Gasteiger partial charge in [-0.2, -0.15) is 0 Å². The SMILES string of the molecule is CC(C)OC(=O)[C@@H](c1ccccc1)c1ccc([N+](=O)[O-])cc1F. The van der Waals surface area contributed by atoms with Crippen molar-refractivity contribution in [3.8, 4) is 0 Å². The molecular formula is C17H16FNO4. The Kier molecular flexibility index (Phi) is 5.05. The van der Waals surface area contributed by atoms with E-state index in [4.69, 9.17) is 4.74 Å². The van der Waals surface area contributed by atoms with Gasteiger partial charge in [0.15, 0.2) is 0 Å². The first-order valence-electron chi connectivity index (χ1n) is 7.09. The number of halogens is 1. The smallest absolute Gasteiger partial charge is 0.318 e. The zero-order valence-electron chi connectivity index (χ0n) is 12.7. The minimum absolute atomic E-state index is 0.0486. The highest BCUT2D eigenvalue weighted by molar-refractivity contribution is 5.82. The highest BCUT2D eigenvalue weighted by atomic mass is 19.1. The number of rotatable bonds is 5. The van der Waals surface area contributed by atoms with E-state index in [1.165, 1.54) is 12.1 Å². The lowest BCUT2D eigenvalue weighted by Crippen LogP contribution is -2.21. The molecule has 120 valence electrons. The van der Waals surface area contributed by atoms with E-state index in [0.29, 0.717) is 5.56 Å². The number of carbonyl (C=O) groups excluding carboxylic acids is 1. The summed E-state index contributed by atoms with van der Waals surface area (Å²) in [7, 11) is 0. The average molecular weight is 317 g/mol. The first-order chi connectivity index (χ1) is 10.9. The summed E-state index contributed by atoms with van der Waals surface area (Å²) in [6, 6.07) is 11.9. The molecule has 0 aliphatic carbocycles. The molecule has 0 spiro atoms. The number of hydrogen-bond acceptors (Lipinski definition) is 4. The van der Waals surface area contributed by atoms with E-state index < -0.39 is 22.6 Å². The summed E-state index contributed by atoms with van der Waals surface area (Å²) in [5.41, 5.74) is 0.244. The molecule has 0 N–H and O–H groups in total. The van der Waals surface area contributed by atoms with Crippen molar-refractivity contribution in [3.63, 3.8) is 0 Å². The molecule has 0 bridgehead atoms. The number of nitro groups is 1. The molecule has 2 rings (SSSR count). The van der Waals surface area contributed by atoms with Gasteiger partial charge >= 0.3 is 5.97 Å². The van der Waals surface area contributed by atoms with Crippen LogP contribution >= 0.6 is 0 Å². The predicted octanol–water partition coefficient (Wildman–Crippen LogP) is 3.82. The second kappa shape index (κ2) is 7.00. The van der Waals surface area contributed by atoms with E-state index in [-0.39, 0.29) is 17.4 Å². The molecule has 0 aromatic heterocycles. The van der Waals surface area contributed by atoms with Gasteiger partial charge in [-0.15, -0.1) is 0 Å². The van der Waals surface area contributed by atoms with E-state index in [2.05, 4.69) is 0 Å². The van der Waals surface area contributed by atoms with Gasteiger partial charge in [0.1, 0.15) is 11.7 Å². The number of esters is 1. The summed E-state index contributed by atoms with van der Waals surface area (Å²) < 4.78 is 19.5. The van der Waals surface area contributed by atoms with Gasteiger partial charge in [0.05, 0.1) is 17.1 Å². The van der Waals surface area contributed by atoms with Gasteiger partial charge in [-0.3, -0.25) is 14.9 Å². The maximum Gasteiger partial charge on any atom is 0.318 e. The molecule has 2 aromatic rings. The fourth-order valence-electron chi connectivity index (χ4n) is 2.25. The van der Waals surface area contributed by atoms with Gasteiger partial charge in [-0.1, -0.05) is 30.3 Å². The Morgan fingerprint density at radius 1 is 1.17 bits per heavy atom. The van der Waals surface area contributed by atoms with Crippen LogP contribution in [0.1, 0.15) is 30.9 Å². The van der Waals surface area contributed by atoms with Crippen LogP contribution in [0.25, 0.3) is 0 Å². The highest BCUT2D eigenvalue weighted by Crippen LogP contribution is 2.30. The molecule has 0 radical (unpaired) electrons. The summed E-state index contributed by atoms with van der Waals surface area (Å²) in [6.07, 6.45) is -0.352. The highest BCUT2D eigenvalue weighted by Gasteiger charge is 2.28. The number of nitro benzene ring substituents is 1. The molecule has 0 amide bonds. The third-order valence-corrected chi connectivity index (χ3v) is 3.23. The minimum atomic E-state index is -0.973. The van der Waals surface area contributed by atoms with Crippen LogP contribution in [0.4, 0.5) is 10.1 Å². The molecule has 1 atom stereocenters. The van der Waals surface area contributed by atoms with Crippen LogP contribution in [-0.4, -0.2) is 17.0 Å². The second-order valence-electron chi connectivity index (χ2n) is 5.29. The summed E-state index contributed by atoms with van der Waals surface area (Å²) >= 11 is 0. The Morgan fingerprint density at radius 3 is 2.35 bits per heavy atom. The lowest BCUT2D eigenvalue weighted by atomic mass is 9.90. The van der Waals surface area contributed by atoms with Gasteiger partial charge in [-0.25, -0.2) is 4.39 Å². The van der Waals surface area contributed by atoms with Crippen LogP contribution in [-0.2, 0) is 9.53 Å². The first-order valence-corrected chi connectivity index (χ1v) is 7.09. The first kappa shape index (κ1) is 16.6. The maximum absolute atomic E-state index is 14.3. The van der Waals surface area contributed by atoms with Gasteiger partial charge < -0.3 is 4.74 Å². The van der Waals surface area contributed by atoms with Crippen molar-refractivity contribution >= 4 is 11.7 Å². The van der Waals surface area contributed by atoms with Crippen LogP contribution in [0, 0.1) is 15.9 Å². The molecule has 0 unspecified atom stereocenters. The van der Waals surface area contributed by atoms with E-state index in [0.717, 1.165) is 6.07 Å². The van der Waals surface area contributed by atoms with Crippen molar-refractivity contribution in [1.82, 2.24) is 0 Å². The molecule has 0 aliphatic heterocycles. The summed E-state index contributed by atoms with van der Waals surface area (Å²) in [5.74, 6) is -2.38. The van der Waals surface area contributed by atoms with E-state index >= 15 is 0 Å². The zero-order chi connectivity index (χ0) is 17.0. The Labute approximate surface area is 132 Å². The fourth-order valence-corrected chi connectivity index (χ4v) is 2.25. The molecule has 2 aromatic carbocycles. The molecule has 0 saturated carbocycles. The van der Waals surface area contributed by atoms with Crippen molar-refractivity contribution in [1.29, 1.82) is 0 Å². The monoisotopic (exact) mass is 317 g/mol. The number of non-ortho nitro benzene ring substituents is 1. The van der Waals surface area contributed by atoms with Crippen LogP contribution < -0.4 is 0 Å². The Balaban J connectivity index is 2.50. The van der Waals surface area contributed by atoms with Crippen LogP contribution in [0.5, 0.6) is 0 Å². The lowest BCUT2D eigenvalue weighted by molar-refractivity contribution is -0.385. The molecule has 0 heterocycles. The topological polar surface area (TPSA) is 69.4 Å². The third-order valence-electron chi connectivity index (χ3n) is 3.23. The lowest BCUT2D eigenvalue weighted by Gasteiger charge is -2.19. The van der Waals surface area contributed by atoms with Crippen molar-refractivity contribution in [2.24, 2.45) is 0 Å². The number of carbonyl (C=O) groups is 1. The normalized spacial score (nSPS) is 12.0. The number of ether oxygens (including phenoxy) is 1. The summed E-state index contributed by atoms with van der Waals surface area (Å²) in [5, 5.41) is 10.7. The van der Waals surface area contributed by atoms with Crippen LogP contribution in [0.3, 0.4) is 0 Å². The Hall–Kier alpha value is -2.76. The molecule has 6 heteroatoms. The average Bonchev–Trinajstić information content (AvgIpc) is 2.49. The standard InChI is InChI=1S/C17H16FNO4/c1-11(2)23-17(20)16(12-6-4-3-5-7-12)14-9-8-13(19(21)22)10-15(14)18/h3-11,16H,1-2H3/t16-/m0/s1. The van der Waals surface area contributed by atoms with Crippen LogP contribution in [0.2, 0.25) is 0 Å². The van der Waals surface area contributed by atoms with Crippen molar-refractivity contribution in [3.05, 3.63) is 75.6 Å². The molecule has 23 heavy (non-hydrogen) atoms. The van der Waals surface area contributed by atoms with Gasteiger partial charge in [0.25, 0.3) is 5.69 Å². The Bertz CT molecular complexity index is 716. The van der Waals surface area contributed by atoms with Crippen molar-refractivity contribution in [2.45, 2.75) is 25.9 Å². The zero-order valence-corrected chi connectivity index (χ0v) is 12.7. The minimum Gasteiger partial charge on any atom is -0.462 e. The molecule has 0 saturated heterocycles. The summed E-state index contributed by atoms with van der Waals surface area (Å²) in [4.78, 5) is 22.5. The fraction of sp³-hybridized carbons (Fsp3) is 0.235. The number of benzene rings is 2. The maximum atomic E-state index is 14.3. The largest absolute Gasteiger partial charge is 0.462 e. The number of nitrogens with zero attached hydrogens (tertiary/aromatic N) is 1. The third kappa shape index (κ3) is 3.91. The van der Waals surface area contributed by atoms with Gasteiger partial charge in [-0.05, 0) is 25.5 Å². The Morgan fingerprint density at radius 2 is 1.83 bits per heavy atom. The molecule has 0 fully saturated rings. The van der Waals surface area contributed by atoms with E-state index in [9.17, 15) is 19.3 Å². The van der Waals surface area contributed by atoms with Gasteiger partial charge in [0, 0.05) is 11.6 Å². The quantitative estimate of drug-likeness (QED) is 0.477. The second-order valence-corrected chi connectivity index (χ2v) is 5.29.